The van der Waals surface area contributed by atoms with Crippen molar-refractivity contribution in [3.05, 3.63) is 36.5 Å². The first-order valence-corrected chi connectivity index (χ1v) is 20.8. The van der Waals surface area contributed by atoms with Crippen molar-refractivity contribution in [3.63, 3.8) is 0 Å². The zero-order valence-corrected chi connectivity index (χ0v) is 35.0. The van der Waals surface area contributed by atoms with Gasteiger partial charge in [0.2, 0.25) is 0 Å². The Morgan fingerprint density at radius 1 is 0.836 bits per heavy atom. The molecule has 0 saturated carbocycles. The molecule has 3 rings (SSSR count). The Bertz CT molecular complexity index is 1350. The summed E-state index contributed by atoms with van der Waals surface area (Å²) in [5.74, 6) is -6.86. The third-order valence-corrected chi connectivity index (χ3v) is 12.9. The first-order chi connectivity index (χ1) is 25.6. The highest BCUT2D eigenvalue weighted by Crippen LogP contribution is 2.46. The van der Waals surface area contributed by atoms with Gasteiger partial charge >= 0.3 is 5.97 Å². The molecule has 0 aliphatic carbocycles. The van der Waals surface area contributed by atoms with E-state index in [1.54, 1.807) is 20.8 Å². The molecule has 3 heterocycles. The molecule has 2 bridgehead atoms. The average Bonchev–Trinajstić information content (AvgIpc) is 3.14. The Kier molecular flexibility index (Phi) is 17.5. The summed E-state index contributed by atoms with van der Waals surface area (Å²) in [5, 5.41) is 54.9. The van der Waals surface area contributed by atoms with Crippen molar-refractivity contribution in [2.24, 2.45) is 47.3 Å². The Labute approximate surface area is 329 Å². The van der Waals surface area contributed by atoms with E-state index < -0.39 is 89.0 Å². The zero-order chi connectivity index (χ0) is 41.4. The summed E-state index contributed by atoms with van der Waals surface area (Å²) in [6.07, 6.45) is 10.1. The number of carbonyl (C=O) groups is 3. The number of hydrogen-bond donors (Lipinski definition) is 5. The number of allylic oxidation sites excluding steroid dienone is 4. The predicted octanol–water partition coefficient (Wildman–Crippen LogP) is 5.64. The van der Waals surface area contributed by atoms with Crippen LogP contribution in [0.25, 0.3) is 0 Å². The molecule has 11 nitrogen and oxygen atoms in total. The summed E-state index contributed by atoms with van der Waals surface area (Å²) >= 11 is 0. The molecule has 0 radical (unpaired) electrons. The van der Waals surface area contributed by atoms with Crippen LogP contribution < -0.4 is 0 Å². The van der Waals surface area contributed by atoms with Gasteiger partial charge in [-0.05, 0) is 70.1 Å². The maximum absolute atomic E-state index is 13.5. The SMILES string of the molecule is CCC1C=CC=CCC(C)C(O)[C@@](C)(O)C(=O)C(C)C(O)C(C)C(=O)C(C)C(O)C(C)C=CC(=O)OC2C[C@@]3(CCC(C)C(CC(C)O)O3)OC(CC1)C2C. The molecule has 11 heteroatoms. The topological polar surface area (TPSA) is 180 Å². The van der Waals surface area contributed by atoms with Gasteiger partial charge in [0.1, 0.15) is 17.5 Å². The van der Waals surface area contributed by atoms with E-state index in [1.165, 1.54) is 39.8 Å². The monoisotopic (exact) mass is 777 g/mol. The lowest BCUT2D eigenvalue weighted by molar-refractivity contribution is -0.347. The number of ether oxygens (including phenoxy) is 3. The highest BCUT2D eigenvalue weighted by Gasteiger charge is 2.51. The number of aliphatic hydroxyl groups excluding tert-OH is 4. The number of rotatable bonds is 3. The van der Waals surface area contributed by atoms with Crippen LogP contribution in [0, 0.1) is 47.3 Å². The van der Waals surface area contributed by atoms with Crippen LogP contribution in [0.2, 0.25) is 0 Å². The van der Waals surface area contributed by atoms with Gasteiger partial charge in [-0.1, -0.05) is 85.8 Å². The van der Waals surface area contributed by atoms with Gasteiger partial charge in [0, 0.05) is 48.5 Å². The molecule has 2 saturated heterocycles. The first-order valence-electron chi connectivity index (χ1n) is 20.8. The number of carbonyl (C=O) groups excluding carboxylic acids is 3. The van der Waals surface area contributed by atoms with E-state index in [9.17, 15) is 39.9 Å². The van der Waals surface area contributed by atoms with Gasteiger partial charge in [0.15, 0.2) is 11.6 Å². The predicted molar refractivity (Wildman–Crippen MR) is 210 cm³/mol. The minimum Gasteiger partial charge on any atom is -0.459 e. The molecule has 5 N–H and O–H groups in total. The molecule has 17 atom stereocenters. The van der Waals surface area contributed by atoms with E-state index >= 15 is 0 Å². The fraction of sp³-hybridized carbons (Fsp3) is 0.795. The van der Waals surface area contributed by atoms with Gasteiger partial charge < -0.3 is 39.7 Å². The van der Waals surface area contributed by atoms with E-state index in [-0.39, 0.29) is 30.0 Å². The highest BCUT2D eigenvalue weighted by molar-refractivity contribution is 5.91. The number of fused-ring (bicyclic) bond motifs is 2. The molecule has 0 aromatic rings. The molecule has 15 unspecified atom stereocenters. The molecule has 1 spiro atoms. The maximum Gasteiger partial charge on any atom is 0.330 e. The second-order valence-corrected chi connectivity index (χ2v) is 17.6. The van der Waals surface area contributed by atoms with Crippen molar-refractivity contribution in [2.45, 2.75) is 175 Å². The summed E-state index contributed by atoms with van der Waals surface area (Å²) in [7, 11) is 0. The maximum atomic E-state index is 13.5. The van der Waals surface area contributed by atoms with Crippen molar-refractivity contribution in [3.8, 4) is 0 Å². The van der Waals surface area contributed by atoms with E-state index in [4.69, 9.17) is 14.2 Å². The van der Waals surface area contributed by atoms with Gasteiger partial charge in [-0.3, -0.25) is 9.59 Å². The molecule has 3 aliphatic heterocycles. The molecule has 0 amide bonds. The lowest BCUT2D eigenvalue weighted by Gasteiger charge is -2.52. The van der Waals surface area contributed by atoms with Gasteiger partial charge in [-0.2, -0.15) is 0 Å². The molecular formula is C44H72O11. The highest BCUT2D eigenvalue weighted by atomic mass is 16.7. The number of aliphatic hydroxyl groups is 5. The summed E-state index contributed by atoms with van der Waals surface area (Å²) in [6.45, 7) is 17.1. The lowest BCUT2D eigenvalue weighted by atomic mass is 9.75. The van der Waals surface area contributed by atoms with Gasteiger partial charge in [-0.25, -0.2) is 4.79 Å². The molecule has 55 heavy (non-hydrogen) atoms. The second-order valence-electron chi connectivity index (χ2n) is 17.6. The van der Waals surface area contributed by atoms with Crippen LogP contribution in [0.4, 0.5) is 0 Å². The largest absolute Gasteiger partial charge is 0.459 e. The van der Waals surface area contributed by atoms with Crippen LogP contribution in [0.15, 0.2) is 36.5 Å². The smallest absolute Gasteiger partial charge is 0.330 e. The van der Waals surface area contributed by atoms with Crippen molar-refractivity contribution < 1.29 is 54.1 Å². The van der Waals surface area contributed by atoms with Gasteiger partial charge in [-0.15, -0.1) is 0 Å². The van der Waals surface area contributed by atoms with Crippen LogP contribution in [0.3, 0.4) is 0 Å². The lowest BCUT2D eigenvalue weighted by Crippen LogP contribution is -2.57. The molecule has 0 aromatic carbocycles. The Hall–Kier alpha value is -2.25. The number of hydrogen-bond acceptors (Lipinski definition) is 11. The Morgan fingerprint density at radius 2 is 1.49 bits per heavy atom. The third-order valence-electron chi connectivity index (χ3n) is 12.9. The summed E-state index contributed by atoms with van der Waals surface area (Å²) in [6, 6.07) is 0. The van der Waals surface area contributed by atoms with Crippen molar-refractivity contribution in [1.29, 1.82) is 0 Å². The van der Waals surface area contributed by atoms with E-state index in [2.05, 4.69) is 19.9 Å². The first kappa shape index (κ1) is 47.1. The molecule has 2 fully saturated rings. The normalized spacial score (nSPS) is 44.3. The number of Topliss-reactive ketones (excluding diaryl/α,β-unsaturated/α-hetero) is 2. The second kappa shape index (κ2) is 20.4. The standard InChI is InChI=1S/C44H72O11/c1-11-33-16-14-12-13-15-27(4)41(50)43(10,52)42(51)32(9)40(49)31(8)39(48)30(7)38(47)26(3)17-20-37(46)53-36-24-44(54-34(19-18-33)29(36)6)22-21-25(2)35(55-44)23-28(5)45/h12-14,16-17,20,25-36,38,40-41,45,47,49-50,52H,11,15,18-19,21-24H2,1-10H3/t25?,26?,27?,28?,29?,30?,31?,32?,33?,34?,35?,36?,38?,40?,41?,43-,44+/m1/s1. The van der Waals surface area contributed by atoms with E-state index in [0.29, 0.717) is 32.1 Å². The summed E-state index contributed by atoms with van der Waals surface area (Å²) in [4.78, 5) is 40.3. The van der Waals surface area contributed by atoms with Crippen LogP contribution in [0.5, 0.6) is 0 Å². The van der Waals surface area contributed by atoms with Crippen molar-refractivity contribution in [2.75, 3.05) is 0 Å². The molecule has 314 valence electrons. The van der Waals surface area contributed by atoms with E-state index in [1.807, 2.05) is 25.2 Å². The summed E-state index contributed by atoms with van der Waals surface area (Å²) in [5.41, 5.74) is -2.18. The van der Waals surface area contributed by atoms with Crippen LogP contribution >= 0.6 is 0 Å². The average molecular weight is 777 g/mol. The minimum atomic E-state index is -2.18. The fourth-order valence-corrected chi connectivity index (χ4v) is 8.60. The summed E-state index contributed by atoms with van der Waals surface area (Å²) < 4.78 is 19.7. The minimum absolute atomic E-state index is 0.144. The molecule has 3 aliphatic rings. The quantitative estimate of drug-likeness (QED) is 0.224. The zero-order valence-electron chi connectivity index (χ0n) is 35.0. The molecule has 0 aromatic heterocycles. The van der Waals surface area contributed by atoms with Crippen LogP contribution in [-0.4, -0.2) is 97.2 Å². The number of esters is 1. The van der Waals surface area contributed by atoms with E-state index in [0.717, 1.165) is 19.3 Å². The van der Waals surface area contributed by atoms with Gasteiger partial charge in [0.05, 0.1) is 36.6 Å². The van der Waals surface area contributed by atoms with Crippen LogP contribution in [0.1, 0.15) is 121 Å². The Balaban J connectivity index is 1.95. The molecular weight excluding hydrogens is 704 g/mol. The third kappa shape index (κ3) is 12.1. The fourth-order valence-electron chi connectivity index (χ4n) is 8.60. The van der Waals surface area contributed by atoms with Gasteiger partial charge in [0.25, 0.3) is 0 Å². The Morgan fingerprint density at radius 3 is 2.13 bits per heavy atom. The van der Waals surface area contributed by atoms with Crippen molar-refractivity contribution >= 4 is 17.5 Å². The van der Waals surface area contributed by atoms with Crippen LogP contribution in [-0.2, 0) is 28.6 Å². The van der Waals surface area contributed by atoms with Crippen molar-refractivity contribution in [1.82, 2.24) is 0 Å². The number of ketones is 2.